The second-order valence-corrected chi connectivity index (χ2v) is 6.72. The smallest absolute Gasteiger partial charge is 0.0323 e. The molecule has 2 aromatic rings. The monoisotopic (exact) mass is 318 g/mol. The van der Waals surface area contributed by atoms with Crippen LogP contribution in [0.1, 0.15) is 68.2 Å². The lowest BCUT2D eigenvalue weighted by Crippen LogP contribution is -1.94. The van der Waals surface area contributed by atoms with E-state index in [1.807, 2.05) is 0 Å². The highest BCUT2D eigenvalue weighted by atomic mass is 14.1. The van der Waals surface area contributed by atoms with Gasteiger partial charge in [-0.2, -0.15) is 0 Å². The van der Waals surface area contributed by atoms with Crippen LogP contribution in [0.4, 0.5) is 0 Å². The van der Waals surface area contributed by atoms with Gasteiger partial charge in [0.25, 0.3) is 0 Å². The minimum absolute atomic E-state index is 0.987. The van der Waals surface area contributed by atoms with Gasteiger partial charge in [0.2, 0.25) is 0 Å². The summed E-state index contributed by atoms with van der Waals surface area (Å²) in [6, 6.07) is 13.5. The third-order valence-corrected chi connectivity index (χ3v) is 4.40. The van der Waals surface area contributed by atoms with Crippen LogP contribution in [0.25, 0.3) is 11.1 Å². The molecule has 0 fully saturated rings. The fourth-order valence-electron chi connectivity index (χ4n) is 2.97. The Morgan fingerprint density at radius 3 is 2.25 bits per heavy atom. The topological polar surface area (TPSA) is 0 Å². The normalized spacial score (nSPS) is 10.3. The minimum atomic E-state index is 0.987. The van der Waals surface area contributed by atoms with Crippen molar-refractivity contribution in [2.45, 2.75) is 66.2 Å². The molecule has 2 rings (SSSR count). The Morgan fingerprint density at radius 1 is 0.792 bits per heavy atom. The van der Waals surface area contributed by atoms with E-state index in [0.717, 1.165) is 12.8 Å². The van der Waals surface area contributed by atoms with E-state index in [-0.39, 0.29) is 0 Å². The molecular formula is C24H30. The largest absolute Gasteiger partial charge is 0.0979 e. The SMILES string of the molecule is CCCCC#Cc1ccc(C)cc1-c1ccc(C)cc1CCCC. The first kappa shape index (κ1) is 18.3. The molecule has 0 saturated heterocycles. The number of hydrogen-bond acceptors (Lipinski definition) is 0. The predicted molar refractivity (Wildman–Crippen MR) is 106 cm³/mol. The lowest BCUT2D eigenvalue weighted by atomic mass is 9.91. The quantitative estimate of drug-likeness (QED) is 0.403. The fourth-order valence-corrected chi connectivity index (χ4v) is 2.97. The van der Waals surface area contributed by atoms with Gasteiger partial charge in [0, 0.05) is 12.0 Å². The maximum atomic E-state index is 3.42. The zero-order valence-electron chi connectivity index (χ0n) is 15.7. The van der Waals surface area contributed by atoms with Crippen molar-refractivity contribution < 1.29 is 0 Å². The third kappa shape index (κ3) is 5.00. The van der Waals surface area contributed by atoms with Crippen LogP contribution in [0.5, 0.6) is 0 Å². The van der Waals surface area contributed by atoms with Crippen LogP contribution < -0.4 is 0 Å². The Morgan fingerprint density at radius 2 is 1.50 bits per heavy atom. The second kappa shape index (κ2) is 9.33. The van der Waals surface area contributed by atoms with E-state index in [2.05, 4.69) is 75.9 Å². The predicted octanol–water partition coefficient (Wildman–Crippen LogP) is 6.85. The van der Waals surface area contributed by atoms with Crippen molar-refractivity contribution in [3.63, 3.8) is 0 Å². The molecule has 0 aliphatic heterocycles. The highest BCUT2D eigenvalue weighted by molar-refractivity contribution is 5.75. The van der Waals surface area contributed by atoms with E-state index in [4.69, 9.17) is 0 Å². The Hall–Kier alpha value is -2.00. The van der Waals surface area contributed by atoms with Crippen molar-refractivity contribution in [3.8, 4) is 23.0 Å². The fraction of sp³-hybridized carbons (Fsp3) is 0.417. The Kier molecular flexibility index (Phi) is 7.13. The van der Waals surface area contributed by atoms with Gasteiger partial charge in [-0.05, 0) is 55.9 Å². The number of hydrogen-bond donors (Lipinski definition) is 0. The number of unbranched alkanes of at least 4 members (excludes halogenated alkanes) is 3. The molecule has 2 aromatic carbocycles. The lowest BCUT2D eigenvalue weighted by molar-refractivity contribution is 0.795. The molecule has 0 atom stereocenters. The molecule has 0 aliphatic carbocycles. The summed E-state index contributed by atoms with van der Waals surface area (Å²) in [5.74, 6) is 6.78. The summed E-state index contributed by atoms with van der Waals surface area (Å²) >= 11 is 0. The van der Waals surface area contributed by atoms with Crippen molar-refractivity contribution in [3.05, 3.63) is 58.7 Å². The van der Waals surface area contributed by atoms with Crippen molar-refractivity contribution in [2.24, 2.45) is 0 Å². The standard InChI is InChI=1S/C24H30/c1-5-7-9-10-12-21-15-13-20(4)18-24(21)23-16-14-19(3)17-22(23)11-8-6-2/h13-18H,5-9,11H2,1-4H3. The van der Waals surface area contributed by atoms with Crippen LogP contribution >= 0.6 is 0 Å². The molecule has 0 N–H and O–H groups in total. The van der Waals surface area contributed by atoms with Gasteiger partial charge in [-0.1, -0.05) is 80.0 Å². The zero-order valence-corrected chi connectivity index (χ0v) is 15.7. The maximum absolute atomic E-state index is 3.42. The van der Waals surface area contributed by atoms with Crippen molar-refractivity contribution in [1.29, 1.82) is 0 Å². The number of aryl methyl sites for hydroxylation is 3. The lowest BCUT2D eigenvalue weighted by Gasteiger charge is -2.13. The molecule has 0 saturated carbocycles. The first-order chi connectivity index (χ1) is 11.7. The van der Waals surface area contributed by atoms with Crippen LogP contribution in [0.15, 0.2) is 36.4 Å². The summed E-state index contributed by atoms with van der Waals surface area (Å²) in [6.07, 6.45) is 6.98. The van der Waals surface area contributed by atoms with E-state index in [1.165, 1.54) is 59.1 Å². The van der Waals surface area contributed by atoms with Crippen LogP contribution in [0, 0.1) is 25.7 Å². The minimum Gasteiger partial charge on any atom is -0.0979 e. The van der Waals surface area contributed by atoms with Gasteiger partial charge >= 0.3 is 0 Å². The van der Waals surface area contributed by atoms with E-state index in [0.29, 0.717) is 0 Å². The zero-order chi connectivity index (χ0) is 17.4. The van der Waals surface area contributed by atoms with Gasteiger partial charge in [-0.15, -0.1) is 0 Å². The molecule has 0 bridgehead atoms. The summed E-state index contributed by atoms with van der Waals surface area (Å²) < 4.78 is 0. The molecule has 0 heterocycles. The van der Waals surface area contributed by atoms with Gasteiger partial charge in [-0.25, -0.2) is 0 Å². The molecule has 24 heavy (non-hydrogen) atoms. The highest BCUT2D eigenvalue weighted by Gasteiger charge is 2.09. The number of benzene rings is 2. The van der Waals surface area contributed by atoms with Crippen molar-refractivity contribution >= 4 is 0 Å². The Bertz CT molecular complexity index is 725. The van der Waals surface area contributed by atoms with Crippen LogP contribution in [-0.2, 0) is 6.42 Å². The number of rotatable bonds is 6. The molecule has 126 valence electrons. The maximum Gasteiger partial charge on any atom is 0.0323 e. The molecule has 0 amide bonds. The first-order valence-corrected chi connectivity index (χ1v) is 9.35. The third-order valence-electron chi connectivity index (χ3n) is 4.40. The van der Waals surface area contributed by atoms with Gasteiger partial charge in [0.15, 0.2) is 0 Å². The molecule has 0 unspecified atom stereocenters. The summed E-state index contributed by atoms with van der Waals surface area (Å²) in [4.78, 5) is 0. The average Bonchev–Trinajstić information content (AvgIpc) is 2.58. The molecule has 0 nitrogen and oxygen atoms in total. The molecule has 0 aliphatic rings. The second-order valence-electron chi connectivity index (χ2n) is 6.72. The average molecular weight is 319 g/mol. The van der Waals surface area contributed by atoms with Crippen molar-refractivity contribution in [2.75, 3.05) is 0 Å². The summed E-state index contributed by atoms with van der Waals surface area (Å²) in [5.41, 5.74) is 7.92. The van der Waals surface area contributed by atoms with Gasteiger partial charge in [0.05, 0.1) is 0 Å². The molecule has 0 radical (unpaired) electrons. The molecule has 0 aromatic heterocycles. The molecule has 0 heteroatoms. The van der Waals surface area contributed by atoms with Crippen LogP contribution in [0.2, 0.25) is 0 Å². The Balaban J connectivity index is 2.46. The summed E-state index contributed by atoms with van der Waals surface area (Å²) in [5, 5.41) is 0. The van der Waals surface area contributed by atoms with Crippen LogP contribution in [0.3, 0.4) is 0 Å². The molecule has 0 spiro atoms. The molecular weight excluding hydrogens is 288 g/mol. The Labute approximate surface area is 148 Å². The van der Waals surface area contributed by atoms with Gasteiger partial charge in [-0.3, -0.25) is 0 Å². The van der Waals surface area contributed by atoms with E-state index in [1.54, 1.807) is 0 Å². The van der Waals surface area contributed by atoms with E-state index < -0.39 is 0 Å². The summed E-state index contributed by atoms with van der Waals surface area (Å²) in [6.45, 7) is 8.82. The highest BCUT2D eigenvalue weighted by Crippen LogP contribution is 2.30. The van der Waals surface area contributed by atoms with Crippen molar-refractivity contribution in [1.82, 2.24) is 0 Å². The van der Waals surface area contributed by atoms with Gasteiger partial charge in [0.1, 0.15) is 0 Å². The van der Waals surface area contributed by atoms with Crippen LogP contribution in [-0.4, -0.2) is 0 Å². The first-order valence-electron chi connectivity index (χ1n) is 9.35. The van der Waals surface area contributed by atoms with E-state index >= 15 is 0 Å². The van der Waals surface area contributed by atoms with E-state index in [9.17, 15) is 0 Å². The summed E-state index contributed by atoms with van der Waals surface area (Å²) in [7, 11) is 0. The van der Waals surface area contributed by atoms with Gasteiger partial charge < -0.3 is 0 Å².